The molecule has 2 N–H and O–H groups in total. The number of carboxylic acids is 1. The fourth-order valence-corrected chi connectivity index (χ4v) is 2.05. The van der Waals surface area contributed by atoms with Crippen molar-refractivity contribution in [2.24, 2.45) is 0 Å². The Morgan fingerprint density at radius 2 is 2.10 bits per heavy atom. The Hall–Kier alpha value is -2.21. The van der Waals surface area contributed by atoms with Gasteiger partial charge < -0.3 is 10.4 Å². The fraction of sp³-hybridized carbons (Fsp3) is 0.0714. The highest BCUT2D eigenvalue weighted by molar-refractivity contribution is 9.10. The number of nitrogens with one attached hydrogen (secondary N) is 1. The Morgan fingerprint density at radius 1 is 1.30 bits per heavy atom. The van der Waals surface area contributed by atoms with E-state index in [4.69, 9.17) is 5.11 Å². The summed E-state index contributed by atoms with van der Waals surface area (Å²) in [6, 6.07) is 8.13. The molecule has 0 aliphatic rings. The molecule has 1 aromatic heterocycles. The summed E-state index contributed by atoms with van der Waals surface area (Å²) in [7, 11) is 0. The number of amides is 1. The molecular weight excluding hydrogens is 324 g/mol. The number of carbonyl (C=O) groups is 2. The number of anilines is 1. The smallest absolute Gasteiger partial charge is 0.337 e. The number of hydrogen-bond donors (Lipinski definition) is 2. The maximum atomic E-state index is 11.9. The highest BCUT2D eigenvalue weighted by atomic mass is 79.9. The van der Waals surface area contributed by atoms with Crippen LogP contribution in [0, 0.1) is 0 Å². The quantitative estimate of drug-likeness (QED) is 0.900. The molecule has 0 aliphatic carbocycles. The van der Waals surface area contributed by atoms with E-state index >= 15 is 0 Å². The number of benzene rings is 1. The molecular formula is C14H11BrN2O3. The first-order chi connectivity index (χ1) is 9.56. The average Bonchev–Trinajstić information content (AvgIpc) is 2.39. The first kappa shape index (κ1) is 14.2. The summed E-state index contributed by atoms with van der Waals surface area (Å²) in [6.45, 7) is 0. The SMILES string of the molecule is O=C(Cc1cccnc1)Nc1cc(Br)ccc1C(=O)O. The lowest BCUT2D eigenvalue weighted by atomic mass is 10.1. The number of carbonyl (C=O) groups excluding carboxylic acids is 1. The van der Waals surface area contributed by atoms with Crippen LogP contribution in [0.15, 0.2) is 47.2 Å². The minimum absolute atomic E-state index is 0.0488. The van der Waals surface area contributed by atoms with Gasteiger partial charge in [-0.3, -0.25) is 9.78 Å². The van der Waals surface area contributed by atoms with E-state index in [1.165, 1.54) is 6.07 Å². The standard InChI is InChI=1S/C14H11BrN2O3/c15-10-3-4-11(14(19)20)12(7-10)17-13(18)6-9-2-1-5-16-8-9/h1-5,7-8H,6H2,(H,17,18)(H,19,20). The van der Waals surface area contributed by atoms with Gasteiger partial charge in [-0.2, -0.15) is 0 Å². The second-order valence-corrected chi connectivity index (χ2v) is 5.00. The van der Waals surface area contributed by atoms with Crippen LogP contribution in [0.2, 0.25) is 0 Å². The molecule has 0 atom stereocenters. The highest BCUT2D eigenvalue weighted by Gasteiger charge is 2.13. The van der Waals surface area contributed by atoms with E-state index in [-0.39, 0.29) is 23.6 Å². The molecule has 1 aromatic carbocycles. The van der Waals surface area contributed by atoms with E-state index in [0.29, 0.717) is 4.47 Å². The van der Waals surface area contributed by atoms with Crippen molar-refractivity contribution in [1.29, 1.82) is 0 Å². The third-order valence-corrected chi connectivity index (χ3v) is 3.07. The second-order valence-electron chi connectivity index (χ2n) is 4.08. The molecule has 102 valence electrons. The highest BCUT2D eigenvalue weighted by Crippen LogP contribution is 2.21. The summed E-state index contributed by atoms with van der Waals surface area (Å²) < 4.78 is 0.694. The summed E-state index contributed by atoms with van der Waals surface area (Å²) >= 11 is 3.25. The van der Waals surface area contributed by atoms with Gasteiger partial charge in [0.15, 0.2) is 0 Å². The predicted octanol–water partition coefficient (Wildman–Crippen LogP) is 2.72. The molecule has 1 amide bonds. The number of hydrogen-bond acceptors (Lipinski definition) is 3. The van der Waals surface area contributed by atoms with Gasteiger partial charge in [0.25, 0.3) is 0 Å². The topological polar surface area (TPSA) is 79.3 Å². The number of pyridine rings is 1. The minimum Gasteiger partial charge on any atom is -0.478 e. The van der Waals surface area contributed by atoms with Crippen LogP contribution < -0.4 is 5.32 Å². The molecule has 0 spiro atoms. The summed E-state index contributed by atoms with van der Waals surface area (Å²) in [6.07, 6.45) is 3.36. The largest absolute Gasteiger partial charge is 0.478 e. The van der Waals surface area contributed by atoms with Gasteiger partial charge in [-0.15, -0.1) is 0 Å². The van der Waals surface area contributed by atoms with Crippen molar-refractivity contribution in [2.45, 2.75) is 6.42 Å². The van der Waals surface area contributed by atoms with Gasteiger partial charge in [-0.05, 0) is 29.8 Å². The third kappa shape index (κ3) is 3.64. The molecule has 2 aromatic rings. The van der Waals surface area contributed by atoms with Crippen molar-refractivity contribution >= 4 is 33.5 Å². The molecule has 6 heteroatoms. The Bertz CT molecular complexity index is 644. The lowest BCUT2D eigenvalue weighted by Gasteiger charge is -2.09. The molecule has 0 unspecified atom stereocenters. The van der Waals surface area contributed by atoms with Crippen LogP contribution in [0.1, 0.15) is 15.9 Å². The Kier molecular flexibility index (Phi) is 4.47. The van der Waals surface area contributed by atoms with Gasteiger partial charge in [-0.25, -0.2) is 4.79 Å². The second kappa shape index (κ2) is 6.29. The van der Waals surface area contributed by atoms with Gasteiger partial charge in [0.2, 0.25) is 5.91 Å². The Balaban J connectivity index is 2.15. The molecule has 5 nitrogen and oxygen atoms in total. The van der Waals surface area contributed by atoms with Crippen molar-refractivity contribution in [2.75, 3.05) is 5.32 Å². The number of rotatable bonds is 4. The van der Waals surface area contributed by atoms with Crippen molar-refractivity contribution in [3.63, 3.8) is 0 Å². The number of carboxylic acid groups (broad SMARTS) is 1. The minimum atomic E-state index is -1.09. The van der Waals surface area contributed by atoms with E-state index in [0.717, 1.165) is 5.56 Å². The maximum absolute atomic E-state index is 11.9. The molecule has 2 rings (SSSR count). The number of nitrogens with zero attached hydrogens (tertiary/aromatic N) is 1. The first-order valence-electron chi connectivity index (χ1n) is 5.78. The molecule has 1 heterocycles. The lowest BCUT2D eigenvalue weighted by Crippen LogP contribution is -2.16. The van der Waals surface area contributed by atoms with E-state index in [9.17, 15) is 9.59 Å². The molecule has 0 fully saturated rings. The van der Waals surface area contributed by atoms with E-state index in [2.05, 4.69) is 26.2 Å². The van der Waals surface area contributed by atoms with Crippen molar-refractivity contribution < 1.29 is 14.7 Å². The summed E-state index contributed by atoms with van der Waals surface area (Å²) in [5.74, 6) is -1.38. The van der Waals surface area contributed by atoms with Crippen LogP contribution >= 0.6 is 15.9 Å². The zero-order chi connectivity index (χ0) is 14.5. The Labute approximate surface area is 123 Å². The van der Waals surface area contributed by atoms with Crippen molar-refractivity contribution in [3.8, 4) is 0 Å². The summed E-state index contributed by atoms with van der Waals surface area (Å²) in [5, 5.41) is 11.7. The number of halogens is 1. The number of aromatic carboxylic acids is 1. The van der Waals surface area contributed by atoms with Crippen molar-refractivity contribution in [1.82, 2.24) is 4.98 Å². The number of aromatic nitrogens is 1. The molecule has 0 saturated carbocycles. The monoisotopic (exact) mass is 334 g/mol. The van der Waals surface area contributed by atoms with Gasteiger partial charge in [-0.1, -0.05) is 22.0 Å². The van der Waals surface area contributed by atoms with Gasteiger partial charge in [0.05, 0.1) is 17.7 Å². The van der Waals surface area contributed by atoms with Gasteiger partial charge in [0, 0.05) is 16.9 Å². The van der Waals surface area contributed by atoms with E-state index in [1.807, 2.05) is 0 Å². The lowest BCUT2D eigenvalue weighted by molar-refractivity contribution is -0.115. The maximum Gasteiger partial charge on any atom is 0.337 e. The van der Waals surface area contributed by atoms with Gasteiger partial charge in [0.1, 0.15) is 0 Å². The molecule has 0 radical (unpaired) electrons. The normalized spacial score (nSPS) is 10.1. The molecule has 0 saturated heterocycles. The van der Waals surface area contributed by atoms with Crippen LogP contribution in [0.25, 0.3) is 0 Å². The molecule has 20 heavy (non-hydrogen) atoms. The summed E-state index contributed by atoms with van der Waals surface area (Å²) in [4.78, 5) is 26.9. The van der Waals surface area contributed by atoms with Crippen LogP contribution in [0.3, 0.4) is 0 Å². The van der Waals surface area contributed by atoms with E-state index < -0.39 is 5.97 Å². The van der Waals surface area contributed by atoms with Crippen LogP contribution in [0.5, 0.6) is 0 Å². The van der Waals surface area contributed by atoms with Crippen LogP contribution in [-0.4, -0.2) is 22.0 Å². The summed E-state index contributed by atoms with van der Waals surface area (Å²) in [5.41, 5.74) is 1.07. The predicted molar refractivity (Wildman–Crippen MR) is 77.7 cm³/mol. The first-order valence-corrected chi connectivity index (χ1v) is 6.57. The molecule has 0 aliphatic heterocycles. The van der Waals surface area contributed by atoms with Crippen LogP contribution in [0.4, 0.5) is 5.69 Å². The fourth-order valence-electron chi connectivity index (χ4n) is 1.69. The Morgan fingerprint density at radius 3 is 2.75 bits per heavy atom. The zero-order valence-corrected chi connectivity index (χ0v) is 11.9. The molecule has 0 bridgehead atoms. The third-order valence-electron chi connectivity index (χ3n) is 2.57. The van der Waals surface area contributed by atoms with Crippen molar-refractivity contribution in [3.05, 3.63) is 58.3 Å². The average molecular weight is 335 g/mol. The van der Waals surface area contributed by atoms with Crippen LogP contribution in [-0.2, 0) is 11.2 Å². The van der Waals surface area contributed by atoms with Gasteiger partial charge >= 0.3 is 5.97 Å². The van der Waals surface area contributed by atoms with E-state index in [1.54, 1.807) is 36.7 Å². The zero-order valence-electron chi connectivity index (χ0n) is 10.3.